The van der Waals surface area contributed by atoms with Gasteiger partial charge in [0.1, 0.15) is 0 Å². The number of rotatable bonds is 0. The molecule has 0 bridgehead atoms. The second-order valence-electron chi connectivity index (χ2n) is 1.89. The molecule has 0 aliphatic carbocycles. The van der Waals surface area contributed by atoms with Crippen LogP contribution in [0.2, 0.25) is 11.6 Å². The first kappa shape index (κ1) is 10.3. The van der Waals surface area contributed by atoms with E-state index in [1.807, 2.05) is 30.3 Å². The van der Waals surface area contributed by atoms with Crippen molar-refractivity contribution in [3.05, 3.63) is 30.3 Å². The second-order valence-corrected chi connectivity index (χ2v) is 4.03. The van der Waals surface area contributed by atoms with E-state index < -0.39 is 0 Å². The molecule has 0 fully saturated rings. The molecule has 0 amide bonds. The van der Waals surface area contributed by atoms with E-state index in [1.54, 1.807) is 0 Å². The summed E-state index contributed by atoms with van der Waals surface area (Å²) in [5, 5.41) is 0. The zero-order chi connectivity index (χ0) is 7.82. The van der Waals surface area contributed by atoms with Crippen LogP contribution in [0.5, 0.6) is 0 Å². The van der Waals surface area contributed by atoms with Crippen LogP contribution >= 0.6 is 0 Å². The van der Waals surface area contributed by atoms with Crippen molar-refractivity contribution in [3.8, 4) is 0 Å². The summed E-state index contributed by atoms with van der Waals surface area (Å²) < 4.78 is 1.20. The number of hydrogen-bond donors (Lipinski definition) is 0. The fourth-order valence-electron chi connectivity index (χ4n) is 0.420. The van der Waals surface area contributed by atoms with Crippen LogP contribution in [0.25, 0.3) is 0 Å². The maximum absolute atomic E-state index is 2.90. The topological polar surface area (TPSA) is 0 Å². The molecule has 0 N–H and O–H groups in total. The van der Waals surface area contributed by atoms with E-state index in [2.05, 4.69) is 27.6 Å². The van der Waals surface area contributed by atoms with Gasteiger partial charge >= 0.3 is 77.6 Å². The van der Waals surface area contributed by atoms with E-state index in [0.717, 1.165) is 15.2 Å². The van der Waals surface area contributed by atoms with Crippen LogP contribution in [-0.4, -0.2) is 31.2 Å². The van der Waals surface area contributed by atoms with E-state index in [9.17, 15) is 0 Å². The van der Waals surface area contributed by atoms with E-state index in [1.165, 1.54) is 4.46 Å². The van der Waals surface area contributed by atoms with Gasteiger partial charge in [-0.05, 0) is 0 Å². The molecule has 0 aliphatic heterocycles. The minimum absolute atomic E-state index is 0.750. The first-order valence-corrected chi connectivity index (χ1v) is 6.44. The van der Waals surface area contributed by atoms with Gasteiger partial charge in [-0.15, -0.1) is 0 Å². The summed E-state index contributed by atoms with van der Waals surface area (Å²) in [5.41, 5.74) is 0. The minimum atomic E-state index is 0.750. The van der Waals surface area contributed by atoms with Gasteiger partial charge in [-0.25, -0.2) is 0 Å². The molecule has 0 atom stereocenters. The van der Waals surface area contributed by atoms with Crippen LogP contribution < -0.4 is 4.46 Å². The predicted molar refractivity (Wildman–Crippen MR) is 49.3 cm³/mol. The van der Waals surface area contributed by atoms with Crippen LogP contribution in [0.3, 0.4) is 0 Å². The van der Waals surface area contributed by atoms with Crippen molar-refractivity contribution >= 4 is 35.7 Å². The Kier molecular flexibility index (Phi) is 7.58. The molecule has 0 unspecified atom stereocenters. The molecule has 0 nitrogen and oxygen atoms in total. The Morgan fingerprint density at radius 1 is 1.10 bits per heavy atom. The first-order chi connectivity index (χ1) is 4.81. The van der Waals surface area contributed by atoms with E-state index in [0.29, 0.717) is 0 Å². The van der Waals surface area contributed by atoms with Gasteiger partial charge in [-0.1, -0.05) is 0 Å². The molecule has 0 heterocycles. The van der Waals surface area contributed by atoms with E-state index in [-0.39, 0.29) is 0 Å². The van der Waals surface area contributed by atoms with Gasteiger partial charge in [0.15, 0.2) is 0 Å². The third-order valence-corrected chi connectivity index (χ3v) is 1.31. The SMILES string of the molecule is [CH3][Al+][CH3].[Se-]c1ccccc1. The predicted octanol–water partition coefficient (Wildman–Crippen LogP) is 1.27. The Bertz CT molecular complexity index is 151. The van der Waals surface area contributed by atoms with Gasteiger partial charge in [0, 0.05) is 0 Å². The first-order valence-electron chi connectivity index (χ1n) is 3.27. The molecule has 1 rings (SSSR count). The van der Waals surface area contributed by atoms with E-state index in [4.69, 9.17) is 0 Å². The molecular formula is C8H11AlSe. The molecule has 52 valence electrons. The molecule has 1 aromatic rings. The van der Waals surface area contributed by atoms with Crippen molar-refractivity contribution in [1.82, 2.24) is 0 Å². The average molecular weight is 213 g/mol. The van der Waals surface area contributed by atoms with Crippen molar-refractivity contribution < 1.29 is 0 Å². The van der Waals surface area contributed by atoms with Gasteiger partial charge in [0.25, 0.3) is 0 Å². The molecule has 0 saturated carbocycles. The Hall–Kier alpha value is 0.272. The van der Waals surface area contributed by atoms with Crippen LogP contribution in [0.15, 0.2) is 30.3 Å². The summed E-state index contributed by atoms with van der Waals surface area (Å²) in [7, 11) is 0. The van der Waals surface area contributed by atoms with Gasteiger partial charge in [-0.3, -0.25) is 0 Å². The van der Waals surface area contributed by atoms with Crippen LogP contribution in [0.4, 0.5) is 0 Å². The summed E-state index contributed by atoms with van der Waals surface area (Å²) in [6, 6.07) is 10.1. The molecule has 0 radical (unpaired) electrons. The van der Waals surface area contributed by atoms with Crippen LogP contribution in [0, 0.1) is 0 Å². The summed E-state index contributed by atoms with van der Waals surface area (Å²) in [5.74, 6) is 4.42. The molecule has 0 saturated heterocycles. The summed E-state index contributed by atoms with van der Waals surface area (Å²) in [6.45, 7) is 0. The number of hydrogen-bond acceptors (Lipinski definition) is 0. The molecule has 10 heavy (non-hydrogen) atoms. The summed E-state index contributed by atoms with van der Waals surface area (Å²) >= 11 is 3.65. The molecule has 2 heteroatoms. The Morgan fingerprint density at radius 3 is 1.70 bits per heavy atom. The quantitative estimate of drug-likeness (QED) is 0.569. The third kappa shape index (κ3) is 6.39. The maximum atomic E-state index is 2.90. The van der Waals surface area contributed by atoms with Crippen molar-refractivity contribution in [2.24, 2.45) is 0 Å². The fraction of sp³-hybridized carbons (Fsp3) is 0.250. The normalized spacial score (nSPS) is 7.00. The second kappa shape index (κ2) is 7.38. The van der Waals surface area contributed by atoms with Crippen LogP contribution in [-0.2, 0) is 0 Å². The van der Waals surface area contributed by atoms with Gasteiger partial charge in [-0.2, -0.15) is 0 Å². The van der Waals surface area contributed by atoms with E-state index >= 15 is 0 Å². The summed E-state index contributed by atoms with van der Waals surface area (Å²) in [4.78, 5) is 0. The summed E-state index contributed by atoms with van der Waals surface area (Å²) in [6.07, 6.45) is 0. The zero-order valence-corrected chi connectivity index (χ0v) is 9.24. The van der Waals surface area contributed by atoms with Crippen molar-refractivity contribution in [2.75, 3.05) is 0 Å². The van der Waals surface area contributed by atoms with Gasteiger partial charge < -0.3 is 0 Å². The van der Waals surface area contributed by atoms with Crippen molar-refractivity contribution in [1.29, 1.82) is 0 Å². The fourth-order valence-corrected chi connectivity index (χ4v) is 0.750. The van der Waals surface area contributed by atoms with Crippen LogP contribution in [0.1, 0.15) is 0 Å². The Balaban J connectivity index is 0.000000236. The zero-order valence-electron chi connectivity index (χ0n) is 6.37. The Morgan fingerprint density at radius 2 is 1.50 bits per heavy atom. The van der Waals surface area contributed by atoms with Gasteiger partial charge in [0.05, 0.1) is 0 Å². The monoisotopic (exact) mass is 214 g/mol. The van der Waals surface area contributed by atoms with Gasteiger partial charge in [0.2, 0.25) is 0 Å². The molecular weight excluding hydrogens is 202 g/mol. The average Bonchev–Trinajstić information content (AvgIpc) is 1.91. The molecule has 1 aromatic carbocycles. The molecule has 0 aromatic heterocycles. The standard InChI is InChI=1S/C6H6Se.2CH3.Al/c7-6-4-2-1-3-5-6;;;/h1-5,7H;2*1H3;/q;;;+1/p-1. The van der Waals surface area contributed by atoms with Crippen molar-refractivity contribution in [3.63, 3.8) is 0 Å². The molecule has 0 aliphatic rings. The Labute approximate surface area is 77.6 Å². The molecule has 0 spiro atoms. The third-order valence-electron chi connectivity index (χ3n) is 0.743. The van der Waals surface area contributed by atoms with Crippen molar-refractivity contribution in [2.45, 2.75) is 11.6 Å². The number of benzene rings is 1.